The van der Waals surface area contributed by atoms with E-state index in [9.17, 15) is 0 Å². The first-order chi connectivity index (χ1) is 10.4. The van der Waals surface area contributed by atoms with Gasteiger partial charge in [0.05, 0.1) is 17.6 Å². The fourth-order valence-electron chi connectivity index (χ4n) is 2.76. The summed E-state index contributed by atoms with van der Waals surface area (Å²) in [5, 5.41) is 0.726. The van der Waals surface area contributed by atoms with Gasteiger partial charge in [0.2, 0.25) is 0 Å². The second-order valence-electron chi connectivity index (χ2n) is 6.31. The Bertz CT molecular complexity index is 657. The molecule has 0 atom stereocenters. The van der Waals surface area contributed by atoms with Gasteiger partial charge in [-0.1, -0.05) is 23.7 Å². The van der Waals surface area contributed by atoms with Gasteiger partial charge in [-0.25, -0.2) is 4.98 Å². The zero-order chi connectivity index (χ0) is 15.7. The van der Waals surface area contributed by atoms with Crippen LogP contribution in [-0.2, 0) is 0 Å². The zero-order valence-corrected chi connectivity index (χ0v) is 13.8. The Morgan fingerprint density at radius 1 is 1.18 bits per heavy atom. The first-order valence-corrected chi connectivity index (χ1v) is 7.96. The lowest BCUT2D eigenvalue weighted by Crippen LogP contribution is -2.48. The Labute approximate surface area is 136 Å². The topological polar surface area (TPSA) is 55.0 Å². The van der Waals surface area contributed by atoms with Crippen LogP contribution in [0.1, 0.15) is 25.5 Å². The SMILES string of the molecule is Cc1nc(N2CCC(C)(N)CC2)cnc1-c1ccc(Cl)cc1. The molecule has 4 nitrogen and oxygen atoms in total. The van der Waals surface area contributed by atoms with Gasteiger partial charge in [0.25, 0.3) is 0 Å². The van der Waals surface area contributed by atoms with Crippen molar-refractivity contribution in [3.8, 4) is 11.3 Å². The van der Waals surface area contributed by atoms with E-state index in [0.29, 0.717) is 0 Å². The lowest BCUT2D eigenvalue weighted by molar-refractivity contribution is 0.363. The molecule has 1 aromatic carbocycles. The van der Waals surface area contributed by atoms with Crippen molar-refractivity contribution in [3.63, 3.8) is 0 Å². The van der Waals surface area contributed by atoms with Crippen molar-refractivity contribution in [2.24, 2.45) is 5.73 Å². The number of aryl methyl sites for hydroxylation is 1. The normalized spacial score (nSPS) is 17.5. The summed E-state index contributed by atoms with van der Waals surface area (Å²) in [4.78, 5) is 11.6. The molecule has 22 heavy (non-hydrogen) atoms. The fourth-order valence-corrected chi connectivity index (χ4v) is 2.89. The summed E-state index contributed by atoms with van der Waals surface area (Å²) in [5.41, 5.74) is 9.00. The molecule has 5 heteroatoms. The number of hydrogen-bond acceptors (Lipinski definition) is 4. The van der Waals surface area contributed by atoms with Crippen LogP contribution in [0.15, 0.2) is 30.5 Å². The molecule has 0 radical (unpaired) electrons. The van der Waals surface area contributed by atoms with E-state index in [4.69, 9.17) is 22.3 Å². The van der Waals surface area contributed by atoms with Gasteiger partial charge in [-0.2, -0.15) is 0 Å². The van der Waals surface area contributed by atoms with E-state index in [2.05, 4.69) is 16.8 Å². The number of nitrogens with zero attached hydrogens (tertiary/aromatic N) is 3. The minimum absolute atomic E-state index is 0.0534. The molecule has 1 aromatic heterocycles. The summed E-state index contributed by atoms with van der Waals surface area (Å²) >= 11 is 5.94. The van der Waals surface area contributed by atoms with Crippen molar-refractivity contribution >= 4 is 17.4 Å². The standard InChI is InChI=1S/C17H21ClN4/c1-12-16(13-3-5-14(18)6-4-13)20-11-15(21-12)22-9-7-17(2,19)8-10-22/h3-6,11H,7-10,19H2,1-2H3. The van der Waals surface area contributed by atoms with Gasteiger partial charge in [0, 0.05) is 29.2 Å². The molecule has 2 N–H and O–H groups in total. The first kappa shape index (κ1) is 15.3. The van der Waals surface area contributed by atoms with Crippen molar-refractivity contribution in [3.05, 3.63) is 41.2 Å². The van der Waals surface area contributed by atoms with E-state index in [1.807, 2.05) is 37.4 Å². The molecular weight excluding hydrogens is 296 g/mol. The number of aromatic nitrogens is 2. The molecule has 0 amide bonds. The van der Waals surface area contributed by atoms with Gasteiger partial charge < -0.3 is 10.6 Å². The predicted octanol–water partition coefficient (Wildman–Crippen LogP) is 3.42. The monoisotopic (exact) mass is 316 g/mol. The van der Waals surface area contributed by atoms with Crippen molar-refractivity contribution in [2.45, 2.75) is 32.2 Å². The minimum atomic E-state index is -0.0534. The van der Waals surface area contributed by atoms with Crippen molar-refractivity contribution < 1.29 is 0 Å². The maximum atomic E-state index is 6.19. The van der Waals surface area contributed by atoms with Crippen LogP contribution in [-0.4, -0.2) is 28.6 Å². The molecule has 2 heterocycles. The second-order valence-corrected chi connectivity index (χ2v) is 6.75. The molecule has 1 saturated heterocycles. The Morgan fingerprint density at radius 2 is 1.82 bits per heavy atom. The molecule has 116 valence electrons. The average molecular weight is 317 g/mol. The summed E-state index contributed by atoms with van der Waals surface area (Å²) in [6.07, 6.45) is 3.81. The molecular formula is C17H21ClN4. The highest BCUT2D eigenvalue weighted by Gasteiger charge is 2.26. The Hall–Kier alpha value is -1.65. The molecule has 0 spiro atoms. The minimum Gasteiger partial charge on any atom is -0.355 e. The smallest absolute Gasteiger partial charge is 0.147 e. The average Bonchev–Trinajstić information content (AvgIpc) is 2.48. The largest absolute Gasteiger partial charge is 0.355 e. The predicted molar refractivity (Wildman–Crippen MR) is 91.3 cm³/mol. The molecule has 0 aliphatic carbocycles. The van der Waals surface area contributed by atoms with Crippen LogP contribution < -0.4 is 10.6 Å². The summed E-state index contributed by atoms with van der Waals surface area (Å²) in [6, 6.07) is 7.69. The van der Waals surface area contributed by atoms with Crippen LogP contribution in [0.4, 0.5) is 5.82 Å². The summed E-state index contributed by atoms with van der Waals surface area (Å²) < 4.78 is 0. The van der Waals surface area contributed by atoms with Gasteiger partial charge in [-0.15, -0.1) is 0 Å². The molecule has 2 aromatic rings. The molecule has 3 rings (SSSR count). The Kier molecular flexibility index (Phi) is 4.06. The van der Waals surface area contributed by atoms with E-state index < -0.39 is 0 Å². The van der Waals surface area contributed by atoms with Crippen molar-refractivity contribution in [1.29, 1.82) is 0 Å². The Morgan fingerprint density at radius 3 is 2.41 bits per heavy atom. The van der Waals surface area contributed by atoms with Gasteiger partial charge in [0.15, 0.2) is 0 Å². The number of piperidine rings is 1. The lowest BCUT2D eigenvalue weighted by Gasteiger charge is -2.37. The molecule has 0 bridgehead atoms. The van der Waals surface area contributed by atoms with Gasteiger partial charge in [-0.05, 0) is 38.8 Å². The zero-order valence-electron chi connectivity index (χ0n) is 13.0. The molecule has 1 fully saturated rings. The third kappa shape index (κ3) is 3.23. The number of rotatable bonds is 2. The van der Waals surface area contributed by atoms with E-state index >= 15 is 0 Å². The highest BCUT2D eigenvalue weighted by Crippen LogP contribution is 2.26. The number of hydrogen-bond donors (Lipinski definition) is 1. The highest BCUT2D eigenvalue weighted by atomic mass is 35.5. The van der Waals surface area contributed by atoms with E-state index in [1.165, 1.54) is 0 Å². The number of nitrogens with two attached hydrogens (primary N) is 1. The molecule has 0 unspecified atom stereocenters. The molecule has 0 saturated carbocycles. The summed E-state index contributed by atoms with van der Waals surface area (Å²) in [7, 11) is 0. The highest BCUT2D eigenvalue weighted by molar-refractivity contribution is 6.30. The van der Waals surface area contributed by atoms with E-state index in [1.54, 1.807) is 0 Å². The number of halogens is 1. The maximum absolute atomic E-state index is 6.19. The maximum Gasteiger partial charge on any atom is 0.147 e. The second kappa shape index (κ2) is 5.86. The van der Waals surface area contributed by atoms with Crippen molar-refractivity contribution in [1.82, 2.24) is 9.97 Å². The van der Waals surface area contributed by atoms with Crippen LogP contribution in [0.2, 0.25) is 5.02 Å². The van der Waals surface area contributed by atoms with E-state index in [-0.39, 0.29) is 5.54 Å². The fraction of sp³-hybridized carbons (Fsp3) is 0.412. The molecule has 1 aliphatic heterocycles. The first-order valence-electron chi connectivity index (χ1n) is 7.58. The number of anilines is 1. The van der Waals surface area contributed by atoms with Crippen molar-refractivity contribution in [2.75, 3.05) is 18.0 Å². The van der Waals surface area contributed by atoms with Crippen LogP contribution >= 0.6 is 11.6 Å². The molecule has 1 aliphatic rings. The van der Waals surface area contributed by atoms with Crippen LogP contribution in [0.25, 0.3) is 11.3 Å². The summed E-state index contributed by atoms with van der Waals surface area (Å²) in [5.74, 6) is 0.936. The third-order valence-corrected chi connectivity index (χ3v) is 4.53. The van der Waals surface area contributed by atoms with Gasteiger partial charge in [0.1, 0.15) is 5.82 Å². The van der Waals surface area contributed by atoms with Crippen LogP contribution in [0.3, 0.4) is 0 Å². The quantitative estimate of drug-likeness (QED) is 0.922. The van der Waals surface area contributed by atoms with Gasteiger partial charge >= 0.3 is 0 Å². The van der Waals surface area contributed by atoms with E-state index in [0.717, 1.165) is 53.7 Å². The van der Waals surface area contributed by atoms with Crippen LogP contribution in [0, 0.1) is 6.92 Å². The lowest BCUT2D eigenvalue weighted by atomic mass is 9.91. The van der Waals surface area contributed by atoms with Gasteiger partial charge in [-0.3, -0.25) is 4.98 Å². The number of benzene rings is 1. The third-order valence-electron chi connectivity index (χ3n) is 4.28. The Balaban J connectivity index is 1.82. The van der Waals surface area contributed by atoms with Crippen LogP contribution in [0.5, 0.6) is 0 Å². The summed E-state index contributed by atoms with van der Waals surface area (Å²) in [6.45, 7) is 5.98.